The fourth-order valence-corrected chi connectivity index (χ4v) is 3.46. The zero-order valence-corrected chi connectivity index (χ0v) is 17.3. The summed E-state index contributed by atoms with van der Waals surface area (Å²) in [5.74, 6) is 0.699. The lowest BCUT2D eigenvalue weighted by atomic mass is 10.2. The van der Waals surface area contributed by atoms with E-state index in [-0.39, 0.29) is 17.8 Å². The molecule has 0 N–H and O–H groups in total. The van der Waals surface area contributed by atoms with Crippen LogP contribution in [0.25, 0.3) is 11.2 Å². The molecule has 0 aliphatic heterocycles. The van der Waals surface area contributed by atoms with E-state index in [1.165, 1.54) is 4.57 Å². The molecule has 0 atom stereocenters. The van der Waals surface area contributed by atoms with Gasteiger partial charge in [-0.3, -0.25) is 13.9 Å². The van der Waals surface area contributed by atoms with Crippen LogP contribution in [-0.2, 0) is 24.4 Å². The quantitative estimate of drug-likeness (QED) is 0.572. The van der Waals surface area contributed by atoms with Crippen LogP contribution in [0, 0.1) is 6.92 Å². The Kier molecular flexibility index (Phi) is 5.96. The zero-order valence-electron chi connectivity index (χ0n) is 15.7. The second kappa shape index (κ2) is 8.22. The number of hydrogen-bond donors (Lipinski definition) is 0. The highest BCUT2D eigenvalue weighted by atomic mass is 79.9. The summed E-state index contributed by atoms with van der Waals surface area (Å²) in [5.41, 5.74) is 1.15. The molecular weight excluding hydrogens is 412 g/mol. The maximum absolute atomic E-state index is 13.2. The van der Waals surface area contributed by atoms with Gasteiger partial charge in [-0.2, -0.15) is 0 Å². The van der Waals surface area contributed by atoms with Gasteiger partial charge in [0.05, 0.1) is 13.2 Å². The second-order valence-corrected chi connectivity index (χ2v) is 7.34. The smallest absolute Gasteiger partial charge is 0.333 e. The first-order chi connectivity index (χ1) is 13.0. The number of ether oxygens (including phenoxy) is 1. The molecule has 144 valence electrons. The van der Waals surface area contributed by atoms with Crippen LogP contribution < -0.4 is 11.2 Å². The Labute approximate surface area is 165 Å². The minimum absolute atomic E-state index is 0.221. The molecule has 0 aliphatic rings. The summed E-state index contributed by atoms with van der Waals surface area (Å²) in [5, 5.41) is 0. The van der Waals surface area contributed by atoms with Crippen LogP contribution in [0.2, 0.25) is 0 Å². The summed E-state index contributed by atoms with van der Waals surface area (Å²) < 4.78 is 10.9. The number of methoxy groups -OCH3 is 1. The monoisotopic (exact) mass is 434 g/mol. The first-order valence-electron chi connectivity index (χ1n) is 8.91. The van der Waals surface area contributed by atoms with Crippen LogP contribution >= 0.6 is 15.9 Å². The predicted octanol–water partition coefficient (Wildman–Crippen LogP) is 2.54. The summed E-state index contributed by atoms with van der Waals surface area (Å²) in [6.45, 7) is 5.55. The molecular formula is C19H23BrN4O3. The third kappa shape index (κ3) is 3.77. The number of hydrogen-bond acceptors (Lipinski definition) is 4. The number of aryl methyl sites for hydroxylation is 2. The average molecular weight is 435 g/mol. The molecule has 27 heavy (non-hydrogen) atoms. The van der Waals surface area contributed by atoms with Crippen molar-refractivity contribution < 1.29 is 4.74 Å². The molecule has 3 aromatic rings. The molecule has 0 saturated heterocycles. The van der Waals surface area contributed by atoms with Gasteiger partial charge in [0, 0.05) is 24.7 Å². The van der Waals surface area contributed by atoms with Crippen molar-refractivity contribution in [2.45, 2.75) is 39.9 Å². The Morgan fingerprint density at radius 2 is 1.78 bits per heavy atom. The lowest BCUT2D eigenvalue weighted by Crippen LogP contribution is -2.41. The van der Waals surface area contributed by atoms with E-state index in [4.69, 9.17) is 4.74 Å². The number of fused-ring (bicyclic) bond motifs is 1. The van der Waals surface area contributed by atoms with Gasteiger partial charge in [-0.05, 0) is 31.0 Å². The van der Waals surface area contributed by atoms with Crippen molar-refractivity contribution in [1.82, 2.24) is 18.7 Å². The fourth-order valence-electron chi connectivity index (χ4n) is 3.19. The molecule has 8 heteroatoms. The number of rotatable bonds is 7. The van der Waals surface area contributed by atoms with Crippen LogP contribution in [0.15, 0.2) is 38.3 Å². The number of benzene rings is 1. The highest BCUT2D eigenvalue weighted by Crippen LogP contribution is 2.13. The van der Waals surface area contributed by atoms with E-state index in [0.29, 0.717) is 36.7 Å². The normalized spacial score (nSPS) is 11.4. The summed E-state index contributed by atoms with van der Waals surface area (Å²) >= 11 is 3.40. The molecule has 0 spiro atoms. The summed E-state index contributed by atoms with van der Waals surface area (Å²) in [4.78, 5) is 30.8. The number of aromatic nitrogens is 4. The molecule has 7 nitrogen and oxygen atoms in total. The van der Waals surface area contributed by atoms with Crippen molar-refractivity contribution in [3.05, 3.63) is 61.0 Å². The molecule has 2 aromatic heterocycles. The predicted molar refractivity (Wildman–Crippen MR) is 108 cm³/mol. The molecule has 0 aliphatic carbocycles. The van der Waals surface area contributed by atoms with Gasteiger partial charge in [-0.15, -0.1) is 0 Å². The van der Waals surface area contributed by atoms with Crippen molar-refractivity contribution in [1.29, 1.82) is 0 Å². The van der Waals surface area contributed by atoms with Gasteiger partial charge >= 0.3 is 5.69 Å². The molecule has 0 unspecified atom stereocenters. The first-order valence-corrected chi connectivity index (χ1v) is 9.71. The van der Waals surface area contributed by atoms with Crippen molar-refractivity contribution >= 4 is 27.1 Å². The van der Waals surface area contributed by atoms with Crippen LogP contribution in [0.1, 0.15) is 24.7 Å². The third-order valence-corrected chi connectivity index (χ3v) is 5.05. The molecule has 0 amide bonds. The molecule has 0 fully saturated rings. The van der Waals surface area contributed by atoms with Crippen LogP contribution in [0.3, 0.4) is 0 Å². The minimum Gasteiger partial charge on any atom is -0.383 e. The molecule has 0 saturated carbocycles. The summed E-state index contributed by atoms with van der Waals surface area (Å²) in [7, 11) is 1.62. The van der Waals surface area contributed by atoms with Crippen LogP contribution in [0.5, 0.6) is 0 Å². The summed E-state index contributed by atoms with van der Waals surface area (Å²) in [6, 6.07) is 7.60. The summed E-state index contributed by atoms with van der Waals surface area (Å²) in [6.07, 6.45) is 0.773. The van der Waals surface area contributed by atoms with Gasteiger partial charge in [0.15, 0.2) is 11.2 Å². The Hall–Kier alpha value is -2.19. The number of imidazole rings is 1. The molecule has 3 rings (SSSR count). The average Bonchev–Trinajstić information content (AvgIpc) is 2.98. The molecule has 0 radical (unpaired) electrons. The second-order valence-electron chi connectivity index (χ2n) is 6.43. The Morgan fingerprint density at radius 3 is 2.41 bits per heavy atom. The van der Waals surface area contributed by atoms with Gasteiger partial charge in [-0.1, -0.05) is 35.0 Å². The largest absolute Gasteiger partial charge is 0.383 e. The number of halogens is 1. The maximum atomic E-state index is 13.2. The zero-order chi connectivity index (χ0) is 19.6. The van der Waals surface area contributed by atoms with E-state index in [9.17, 15) is 9.59 Å². The third-order valence-electron chi connectivity index (χ3n) is 4.53. The van der Waals surface area contributed by atoms with E-state index < -0.39 is 0 Å². The molecule has 2 heterocycles. The van der Waals surface area contributed by atoms with E-state index >= 15 is 0 Å². The molecule has 0 bridgehead atoms. The van der Waals surface area contributed by atoms with Gasteiger partial charge < -0.3 is 9.30 Å². The van der Waals surface area contributed by atoms with Gasteiger partial charge in [-0.25, -0.2) is 9.78 Å². The Bertz CT molecular complexity index is 1060. The standard InChI is InChI=1S/C19H23BrN4O3/c1-4-9-23-17-16(22(10-11-27-3)13(2)21-17)18(25)24(19(23)26)12-14-5-7-15(20)8-6-14/h5-8H,4,9-12H2,1-3H3. The highest BCUT2D eigenvalue weighted by Gasteiger charge is 2.19. The van der Waals surface area contributed by atoms with Crippen molar-refractivity contribution in [3.8, 4) is 0 Å². The van der Waals surface area contributed by atoms with Crippen molar-refractivity contribution in [3.63, 3.8) is 0 Å². The lowest BCUT2D eigenvalue weighted by Gasteiger charge is -2.12. The Balaban J connectivity index is 2.24. The number of nitrogens with zero attached hydrogens (tertiary/aromatic N) is 4. The van der Waals surface area contributed by atoms with Gasteiger partial charge in [0.25, 0.3) is 5.56 Å². The minimum atomic E-state index is -0.325. The van der Waals surface area contributed by atoms with Crippen LogP contribution in [-0.4, -0.2) is 32.4 Å². The fraction of sp³-hybridized carbons (Fsp3) is 0.421. The van der Waals surface area contributed by atoms with E-state index in [2.05, 4.69) is 20.9 Å². The first kappa shape index (κ1) is 19.6. The topological polar surface area (TPSA) is 71.0 Å². The Morgan fingerprint density at radius 1 is 1.07 bits per heavy atom. The SMILES string of the molecule is CCCn1c(=O)n(Cc2ccc(Br)cc2)c(=O)c2c1nc(C)n2CCOC. The van der Waals surface area contributed by atoms with Crippen molar-refractivity contribution in [2.75, 3.05) is 13.7 Å². The van der Waals surface area contributed by atoms with Crippen molar-refractivity contribution in [2.24, 2.45) is 0 Å². The van der Waals surface area contributed by atoms with E-state index in [1.54, 1.807) is 11.7 Å². The van der Waals surface area contributed by atoms with Gasteiger partial charge in [0.2, 0.25) is 0 Å². The van der Waals surface area contributed by atoms with Gasteiger partial charge in [0.1, 0.15) is 5.82 Å². The highest BCUT2D eigenvalue weighted by molar-refractivity contribution is 9.10. The van der Waals surface area contributed by atoms with E-state index in [0.717, 1.165) is 16.5 Å². The molecule has 1 aromatic carbocycles. The maximum Gasteiger partial charge on any atom is 0.333 e. The van der Waals surface area contributed by atoms with Crippen LogP contribution in [0.4, 0.5) is 0 Å². The lowest BCUT2D eigenvalue weighted by molar-refractivity contribution is 0.187. The van der Waals surface area contributed by atoms with E-state index in [1.807, 2.05) is 42.7 Å².